The Bertz CT molecular complexity index is 1360. The van der Waals surface area contributed by atoms with E-state index in [1.54, 1.807) is 0 Å². The minimum absolute atomic E-state index is 0.106. The lowest BCUT2D eigenvalue weighted by atomic mass is 9.82. The van der Waals surface area contributed by atoms with Crippen LogP contribution >= 0.6 is 0 Å². The van der Waals surface area contributed by atoms with Crippen LogP contribution in [0.3, 0.4) is 0 Å². The summed E-state index contributed by atoms with van der Waals surface area (Å²) in [5, 5.41) is 25.4. The Hall–Kier alpha value is -3.74. The van der Waals surface area contributed by atoms with E-state index >= 15 is 0 Å². The zero-order valence-corrected chi connectivity index (χ0v) is 25.8. The number of likely N-dealkylation sites (tertiary alicyclic amines) is 1. The number of piperidine rings is 1. The number of carbonyl (C=O) groups is 2. The summed E-state index contributed by atoms with van der Waals surface area (Å²) < 4.78 is 35.8. The van der Waals surface area contributed by atoms with Gasteiger partial charge in [0.1, 0.15) is 5.82 Å². The van der Waals surface area contributed by atoms with Gasteiger partial charge in [-0.3, -0.25) is 14.4 Å². The van der Waals surface area contributed by atoms with Crippen LogP contribution in [0.15, 0.2) is 36.8 Å². The number of hydrogen-bond donors (Lipinski definition) is 2. The molecule has 2 N–H and O–H groups in total. The zero-order chi connectivity index (χ0) is 32.4. The van der Waals surface area contributed by atoms with E-state index in [9.17, 15) is 23.1 Å². The van der Waals surface area contributed by atoms with Gasteiger partial charge in [0.2, 0.25) is 0 Å². The van der Waals surface area contributed by atoms with E-state index in [0.717, 1.165) is 55.7 Å². The molecule has 0 bridgehead atoms. The maximum absolute atomic E-state index is 12.0. The van der Waals surface area contributed by atoms with Crippen LogP contribution in [0.1, 0.15) is 80.6 Å². The van der Waals surface area contributed by atoms with Crippen LogP contribution in [-0.2, 0) is 35.6 Å². The van der Waals surface area contributed by atoms with Gasteiger partial charge in [-0.05, 0) is 81.1 Å². The molecule has 4 rings (SSSR count). The summed E-state index contributed by atoms with van der Waals surface area (Å²) in [6.45, 7) is 12.9. The average molecular weight is 621 g/mol. The predicted molar refractivity (Wildman–Crippen MR) is 158 cm³/mol. The first-order valence-corrected chi connectivity index (χ1v) is 15.1. The third-order valence-electron chi connectivity index (χ3n) is 8.45. The highest BCUT2D eigenvalue weighted by Crippen LogP contribution is 2.31. The van der Waals surface area contributed by atoms with Gasteiger partial charge in [-0.25, -0.2) is 9.78 Å². The van der Waals surface area contributed by atoms with Crippen molar-refractivity contribution in [3.8, 4) is 0 Å². The molecular formula is C31H43F3N6O4. The number of rotatable bonds is 12. The number of aliphatic carboxylic acids is 2. The minimum Gasteiger partial charge on any atom is -0.481 e. The smallest absolute Gasteiger partial charge is 0.481 e. The van der Waals surface area contributed by atoms with E-state index in [4.69, 9.17) is 9.90 Å². The number of benzene rings is 1. The maximum Gasteiger partial charge on any atom is 0.490 e. The number of carboxylic acid groups (broad SMARTS) is 2. The van der Waals surface area contributed by atoms with E-state index in [-0.39, 0.29) is 5.92 Å². The Morgan fingerprint density at radius 3 is 2.36 bits per heavy atom. The van der Waals surface area contributed by atoms with Crippen molar-refractivity contribution in [2.45, 2.75) is 91.5 Å². The SMILES string of the molecule is CCC1CCN(Cc2nccn2Cc2cc(C(CCc3cn(CC)nn3)C(C)C(=O)O)ccc2C)CC1.O=C(O)C(F)(F)F. The second-order valence-corrected chi connectivity index (χ2v) is 11.4. The third-order valence-corrected chi connectivity index (χ3v) is 8.45. The van der Waals surface area contributed by atoms with Crippen molar-refractivity contribution in [2.75, 3.05) is 13.1 Å². The summed E-state index contributed by atoms with van der Waals surface area (Å²) in [6, 6.07) is 6.43. The van der Waals surface area contributed by atoms with Gasteiger partial charge in [-0.2, -0.15) is 13.2 Å². The van der Waals surface area contributed by atoms with Gasteiger partial charge in [-0.1, -0.05) is 43.7 Å². The van der Waals surface area contributed by atoms with Gasteiger partial charge in [0, 0.05) is 31.7 Å². The minimum atomic E-state index is -5.08. The highest BCUT2D eigenvalue weighted by molar-refractivity contribution is 5.73. The molecular weight excluding hydrogens is 577 g/mol. The molecule has 0 amide bonds. The standard InChI is InChI=1S/C29H42N6O2.C2HF3O2/c1-5-23-11-14-33(15-12-23)20-28-30-13-16-34(28)18-25-17-24(8-7-21(25)3)27(22(4)29(36)37)10-9-26-19-35(6-2)32-31-26;3-2(4,5)1(6)7/h7-8,13,16-17,19,22-23,27H,5-6,9-12,14-15,18,20H2,1-4H3,(H,36,37);(H,6,7). The normalized spacial score (nSPS) is 15.8. The van der Waals surface area contributed by atoms with Crippen LogP contribution in [0.25, 0.3) is 0 Å². The van der Waals surface area contributed by atoms with Gasteiger partial charge in [0.25, 0.3) is 0 Å². The number of nitrogens with zero attached hydrogens (tertiary/aromatic N) is 6. The second kappa shape index (κ2) is 15.8. The largest absolute Gasteiger partial charge is 0.490 e. The van der Waals surface area contributed by atoms with Crippen LogP contribution in [-0.4, -0.2) is 70.9 Å². The Balaban J connectivity index is 0.000000676. The van der Waals surface area contributed by atoms with Crippen molar-refractivity contribution in [1.82, 2.24) is 29.4 Å². The summed E-state index contributed by atoms with van der Waals surface area (Å²) in [7, 11) is 0. The molecule has 0 spiro atoms. The van der Waals surface area contributed by atoms with E-state index in [0.29, 0.717) is 12.8 Å². The number of aromatic nitrogens is 5. The predicted octanol–water partition coefficient (Wildman–Crippen LogP) is 5.54. The molecule has 44 heavy (non-hydrogen) atoms. The molecule has 2 unspecified atom stereocenters. The Kier molecular flexibility index (Phi) is 12.5. The van der Waals surface area contributed by atoms with Crippen LogP contribution in [0.2, 0.25) is 0 Å². The fourth-order valence-corrected chi connectivity index (χ4v) is 5.45. The molecule has 2 atom stereocenters. The van der Waals surface area contributed by atoms with Gasteiger partial charge in [0.15, 0.2) is 0 Å². The highest BCUT2D eigenvalue weighted by atomic mass is 19.4. The third kappa shape index (κ3) is 9.90. The summed E-state index contributed by atoms with van der Waals surface area (Å²) in [6.07, 6.45) is 6.06. The topological polar surface area (TPSA) is 126 Å². The maximum atomic E-state index is 12.0. The zero-order valence-electron chi connectivity index (χ0n) is 25.8. The van der Waals surface area contributed by atoms with Crippen molar-refractivity contribution >= 4 is 11.9 Å². The molecule has 1 saturated heterocycles. The molecule has 0 radical (unpaired) electrons. The van der Waals surface area contributed by atoms with Crippen molar-refractivity contribution < 1.29 is 33.0 Å². The van der Waals surface area contributed by atoms with E-state index in [1.165, 1.54) is 30.4 Å². The second-order valence-electron chi connectivity index (χ2n) is 11.4. The molecule has 1 fully saturated rings. The van der Waals surface area contributed by atoms with Gasteiger partial charge in [-0.15, -0.1) is 5.10 Å². The number of alkyl halides is 3. The summed E-state index contributed by atoms with van der Waals surface area (Å²) in [5.41, 5.74) is 4.39. The molecule has 13 heteroatoms. The number of halogens is 3. The fraction of sp³-hybridized carbons (Fsp3) is 0.581. The van der Waals surface area contributed by atoms with Gasteiger partial charge < -0.3 is 14.8 Å². The van der Waals surface area contributed by atoms with Crippen LogP contribution in [0.5, 0.6) is 0 Å². The molecule has 0 saturated carbocycles. The van der Waals surface area contributed by atoms with E-state index in [1.807, 2.05) is 30.9 Å². The van der Waals surface area contributed by atoms with Crippen molar-refractivity contribution in [2.24, 2.45) is 11.8 Å². The molecule has 2 aromatic heterocycles. The monoisotopic (exact) mass is 620 g/mol. The van der Waals surface area contributed by atoms with Crippen LogP contribution < -0.4 is 0 Å². The number of aryl methyl sites for hydroxylation is 3. The quantitative estimate of drug-likeness (QED) is 0.270. The first-order valence-electron chi connectivity index (χ1n) is 15.1. The lowest BCUT2D eigenvalue weighted by Gasteiger charge is -2.31. The first kappa shape index (κ1) is 34.7. The summed E-state index contributed by atoms with van der Waals surface area (Å²) >= 11 is 0. The van der Waals surface area contributed by atoms with Crippen molar-refractivity contribution in [1.29, 1.82) is 0 Å². The molecule has 1 aliphatic heterocycles. The summed E-state index contributed by atoms with van der Waals surface area (Å²) in [5.74, 6) is -2.17. The molecule has 3 aromatic rings. The molecule has 0 aliphatic carbocycles. The Morgan fingerprint density at radius 1 is 1.11 bits per heavy atom. The highest BCUT2D eigenvalue weighted by Gasteiger charge is 2.38. The summed E-state index contributed by atoms with van der Waals surface area (Å²) in [4.78, 5) is 28.1. The van der Waals surface area contributed by atoms with Crippen LogP contribution in [0.4, 0.5) is 13.2 Å². The van der Waals surface area contributed by atoms with E-state index in [2.05, 4.69) is 63.0 Å². The Morgan fingerprint density at radius 2 is 1.80 bits per heavy atom. The number of imidazole rings is 1. The van der Waals surface area contributed by atoms with Gasteiger partial charge >= 0.3 is 18.1 Å². The molecule has 1 aliphatic rings. The lowest BCUT2D eigenvalue weighted by molar-refractivity contribution is -0.192. The van der Waals surface area contributed by atoms with Crippen molar-refractivity contribution in [3.05, 3.63) is 65.0 Å². The Labute approximate surface area is 255 Å². The first-order chi connectivity index (χ1) is 20.8. The van der Waals surface area contributed by atoms with Gasteiger partial charge in [0.05, 0.1) is 18.2 Å². The average Bonchev–Trinajstić information content (AvgIpc) is 3.64. The fourth-order valence-electron chi connectivity index (χ4n) is 5.45. The number of hydrogen-bond acceptors (Lipinski definition) is 6. The molecule has 10 nitrogen and oxygen atoms in total. The molecule has 242 valence electrons. The lowest BCUT2D eigenvalue weighted by Crippen LogP contribution is -2.34. The number of carboxylic acids is 2. The molecule has 3 heterocycles. The van der Waals surface area contributed by atoms with Crippen molar-refractivity contribution in [3.63, 3.8) is 0 Å². The van der Waals surface area contributed by atoms with E-state index < -0.39 is 24.0 Å². The van der Waals surface area contributed by atoms with Crippen LogP contribution in [0, 0.1) is 18.8 Å². The molecule has 1 aromatic carbocycles.